The summed E-state index contributed by atoms with van der Waals surface area (Å²) in [5.41, 5.74) is 0.837. The third-order valence-corrected chi connectivity index (χ3v) is 3.23. The maximum Gasteiger partial charge on any atom is 0.356 e. The molecule has 0 spiro atoms. The van der Waals surface area contributed by atoms with Gasteiger partial charge in [-0.3, -0.25) is 14.2 Å². The lowest BCUT2D eigenvalue weighted by atomic mass is 10.2. The molecule has 2 N–H and O–H groups in total. The van der Waals surface area contributed by atoms with Crippen LogP contribution in [0.2, 0.25) is 0 Å². The first-order valence-corrected chi connectivity index (χ1v) is 6.95. The van der Waals surface area contributed by atoms with E-state index in [1.54, 1.807) is 11.6 Å². The molecule has 2 heterocycles. The Hall–Kier alpha value is -2.64. The van der Waals surface area contributed by atoms with Crippen molar-refractivity contribution in [1.29, 1.82) is 0 Å². The molecule has 2 atom stereocenters. The minimum absolute atomic E-state index is 0.0836. The van der Waals surface area contributed by atoms with Crippen molar-refractivity contribution in [2.75, 3.05) is 0 Å². The zero-order chi connectivity index (χ0) is 16.3. The number of carbonyl (C=O) groups is 2. The summed E-state index contributed by atoms with van der Waals surface area (Å²) in [5.74, 6) is -1.34. The predicted octanol–water partition coefficient (Wildman–Crippen LogP) is 0.852. The first-order chi connectivity index (χ1) is 10.4. The number of carboxylic acids is 1. The second-order valence-electron chi connectivity index (χ2n) is 5.25. The number of aromatic carboxylic acids is 1. The SMILES string of the molecule is Cc1ccn(CC(C)NC(=O)C(C)n2ccc(C(=O)O)n2)n1. The Morgan fingerprint density at radius 2 is 2.00 bits per heavy atom. The number of amides is 1. The topological polar surface area (TPSA) is 102 Å². The maximum atomic E-state index is 12.2. The molecule has 0 radical (unpaired) electrons. The van der Waals surface area contributed by atoms with Gasteiger partial charge in [-0.05, 0) is 32.9 Å². The lowest BCUT2D eigenvalue weighted by Gasteiger charge is -2.18. The van der Waals surface area contributed by atoms with Gasteiger partial charge in [0, 0.05) is 18.4 Å². The Morgan fingerprint density at radius 1 is 1.27 bits per heavy atom. The van der Waals surface area contributed by atoms with E-state index in [0.29, 0.717) is 6.54 Å². The molecule has 1 amide bonds. The summed E-state index contributed by atoms with van der Waals surface area (Å²) in [4.78, 5) is 23.0. The fourth-order valence-corrected chi connectivity index (χ4v) is 2.04. The molecule has 22 heavy (non-hydrogen) atoms. The van der Waals surface area contributed by atoms with E-state index in [4.69, 9.17) is 5.11 Å². The molecule has 0 aliphatic carbocycles. The third-order valence-electron chi connectivity index (χ3n) is 3.23. The van der Waals surface area contributed by atoms with Crippen molar-refractivity contribution in [3.05, 3.63) is 35.9 Å². The van der Waals surface area contributed by atoms with Gasteiger partial charge in [0.2, 0.25) is 5.91 Å². The molecule has 2 aromatic heterocycles. The van der Waals surface area contributed by atoms with Crippen LogP contribution in [0.1, 0.15) is 36.1 Å². The molecule has 0 saturated carbocycles. The van der Waals surface area contributed by atoms with Gasteiger partial charge < -0.3 is 10.4 Å². The van der Waals surface area contributed by atoms with Gasteiger partial charge in [-0.25, -0.2) is 4.79 Å². The van der Waals surface area contributed by atoms with E-state index in [0.717, 1.165) is 5.69 Å². The number of aromatic nitrogens is 4. The van der Waals surface area contributed by atoms with Crippen LogP contribution in [0.5, 0.6) is 0 Å². The van der Waals surface area contributed by atoms with E-state index in [1.807, 2.05) is 26.1 Å². The van der Waals surface area contributed by atoms with Crippen molar-refractivity contribution in [3.63, 3.8) is 0 Å². The largest absolute Gasteiger partial charge is 0.476 e. The number of rotatable bonds is 6. The Balaban J connectivity index is 1.93. The molecule has 8 heteroatoms. The highest BCUT2D eigenvalue weighted by molar-refractivity contribution is 5.85. The van der Waals surface area contributed by atoms with Crippen LogP contribution in [-0.2, 0) is 11.3 Å². The molecule has 0 aliphatic rings. The minimum Gasteiger partial charge on any atom is -0.476 e. The number of aryl methyl sites for hydroxylation is 1. The van der Waals surface area contributed by atoms with Gasteiger partial charge in [0.1, 0.15) is 6.04 Å². The van der Waals surface area contributed by atoms with Crippen molar-refractivity contribution < 1.29 is 14.7 Å². The zero-order valence-electron chi connectivity index (χ0n) is 12.7. The summed E-state index contributed by atoms with van der Waals surface area (Å²) in [6.07, 6.45) is 3.34. The minimum atomic E-state index is -1.12. The highest BCUT2D eigenvalue weighted by atomic mass is 16.4. The molecule has 2 aromatic rings. The quantitative estimate of drug-likeness (QED) is 0.824. The van der Waals surface area contributed by atoms with Crippen molar-refractivity contribution in [3.8, 4) is 0 Å². The van der Waals surface area contributed by atoms with Crippen molar-refractivity contribution in [2.24, 2.45) is 0 Å². The average Bonchev–Trinajstić information content (AvgIpc) is 3.07. The van der Waals surface area contributed by atoms with Gasteiger partial charge in [0.05, 0.1) is 12.2 Å². The van der Waals surface area contributed by atoms with Crippen LogP contribution in [-0.4, -0.2) is 42.6 Å². The fourth-order valence-electron chi connectivity index (χ4n) is 2.04. The van der Waals surface area contributed by atoms with Gasteiger partial charge in [-0.2, -0.15) is 10.2 Å². The van der Waals surface area contributed by atoms with Crippen LogP contribution < -0.4 is 5.32 Å². The van der Waals surface area contributed by atoms with E-state index < -0.39 is 12.0 Å². The number of nitrogens with zero attached hydrogens (tertiary/aromatic N) is 4. The summed E-state index contributed by atoms with van der Waals surface area (Å²) in [5, 5.41) is 19.8. The van der Waals surface area contributed by atoms with E-state index in [-0.39, 0.29) is 17.6 Å². The second-order valence-corrected chi connectivity index (χ2v) is 5.25. The summed E-state index contributed by atoms with van der Waals surface area (Å²) >= 11 is 0. The third kappa shape index (κ3) is 3.72. The molecule has 8 nitrogen and oxygen atoms in total. The standard InChI is InChI=1S/C14H19N5O3/c1-9-4-6-18(16-9)8-10(2)15-13(20)11(3)19-7-5-12(17-19)14(21)22/h4-7,10-11H,8H2,1-3H3,(H,15,20)(H,21,22). The summed E-state index contributed by atoms with van der Waals surface area (Å²) in [7, 11) is 0. The fraction of sp³-hybridized carbons (Fsp3) is 0.429. The molecule has 0 saturated heterocycles. The molecular weight excluding hydrogens is 286 g/mol. The smallest absolute Gasteiger partial charge is 0.356 e. The molecule has 0 bridgehead atoms. The van der Waals surface area contributed by atoms with E-state index in [2.05, 4.69) is 15.5 Å². The molecule has 118 valence electrons. The van der Waals surface area contributed by atoms with Crippen LogP contribution in [0.4, 0.5) is 0 Å². The van der Waals surface area contributed by atoms with E-state index >= 15 is 0 Å². The lowest BCUT2D eigenvalue weighted by Crippen LogP contribution is -2.39. The van der Waals surface area contributed by atoms with Crippen molar-refractivity contribution in [2.45, 2.75) is 39.4 Å². The summed E-state index contributed by atoms with van der Waals surface area (Å²) < 4.78 is 3.10. The van der Waals surface area contributed by atoms with Crippen molar-refractivity contribution in [1.82, 2.24) is 24.9 Å². The van der Waals surface area contributed by atoms with Gasteiger partial charge in [0.25, 0.3) is 0 Å². The monoisotopic (exact) mass is 305 g/mol. The van der Waals surface area contributed by atoms with Crippen LogP contribution in [0.15, 0.2) is 24.5 Å². The molecular formula is C14H19N5O3. The Morgan fingerprint density at radius 3 is 2.55 bits per heavy atom. The lowest BCUT2D eigenvalue weighted by molar-refractivity contribution is -0.124. The summed E-state index contributed by atoms with van der Waals surface area (Å²) in [6.45, 7) is 6.01. The van der Waals surface area contributed by atoms with Gasteiger partial charge in [-0.1, -0.05) is 0 Å². The molecule has 0 aliphatic heterocycles. The second kappa shape index (κ2) is 6.42. The predicted molar refractivity (Wildman–Crippen MR) is 78.5 cm³/mol. The van der Waals surface area contributed by atoms with Crippen LogP contribution >= 0.6 is 0 Å². The van der Waals surface area contributed by atoms with Gasteiger partial charge in [0.15, 0.2) is 5.69 Å². The Kier molecular flexibility index (Phi) is 4.59. The van der Waals surface area contributed by atoms with Gasteiger partial charge in [-0.15, -0.1) is 0 Å². The first-order valence-electron chi connectivity index (χ1n) is 6.95. The first kappa shape index (κ1) is 15.7. The maximum absolute atomic E-state index is 12.2. The zero-order valence-corrected chi connectivity index (χ0v) is 12.7. The molecule has 0 fully saturated rings. The molecule has 2 unspecified atom stereocenters. The Labute approximate surface area is 127 Å². The molecule has 2 rings (SSSR count). The number of carboxylic acid groups (broad SMARTS) is 1. The van der Waals surface area contributed by atoms with Crippen LogP contribution in [0.25, 0.3) is 0 Å². The highest BCUT2D eigenvalue weighted by Gasteiger charge is 2.19. The summed E-state index contributed by atoms with van der Waals surface area (Å²) in [6, 6.07) is 2.56. The van der Waals surface area contributed by atoms with E-state index in [1.165, 1.54) is 16.9 Å². The van der Waals surface area contributed by atoms with Gasteiger partial charge >= 0.3 is 5.97 Å². The number of hydrogen-bond donors (Lipinski definition) is 2. The normalized spacial score (nSPS) is 13.6. The van der Waals surface area contributed by atoms with Crippen molar-refractivity contribution >= 4 is 11.9 Å². The average molecular weight is 305 g/mol. The highest BCUT2D eigenvalue weighted by Crippen LogP contribution is 2.07. The number of carbonyl (C=O) groups excluding carboxylic acids is 1. The number of hydrogen-bond acceptors (Lipinski definition) is 4. The van der Waals surface area contributed by atoms with E-state index in [9.17, 15) is 9.59 Å². The van der Waals surface area contributed by atoms with Crippen LogP contribution in [0, 0.1) is 6.92 Å². The molecule has 0 aromatic carbocycles. The number of nitrogens with one attached hydrogen (secondary N) is 1. The Bertz CT molecular complexity index is 676. The van der Waals surface area contributed by atoms with Crippen LogP contribution in [0.3, 0.4) is 0 Å².